The van der Waals surface area contributed by atoms with Crippen molar-refractivity contribution in [3.8, 4) is 0 Å². The van der Waals surface area contributed by atoms with Crippen LogP contribution in [0.2, 0.25) is 5.15 Å². The zero-order chi connectivity index (χ0) is 20.3. The van der Waals surface area contributed by atoms with Crippen molar-refractivity contribution in [1.82, 2.24) is 20.6 Å². The molecule has 0 fully saturated rings. The molecular weight excluding hydrogens is 444 g/mol. The highest BCUT2D eigenvalue weighted by molar-refractivity contribution is 9.10. The Morgan fingerprint density at radius 1 is 1.04 bits per heavy atom. The van der Waals surface area contributed by atoms with Gasteiger partial charge in [-0.15, -0.1) is 0 Å². The molecule has 0 bridgehead atoms. The van der Waals surface area contributed by atoms with Crippen LogP contribution in [0.1, 0.15) is 37.5 Å². The number of aryl methyl sites for hydroxylation is 2. The Morgan fingerprint density at radius 2 is 1.68 bits per heavy atom. The molecule has 6 nitrogen and oxygen atoms in total. The molecule has 3 rings (SSSR count). The van der Waals surface area contributed by atoms with Gasteiger partial charge in [0.1, 0.15) is 10.7 Å². The predicted octanol–water partition coefficient (Wildman–Crippen LogP) is 4.04. The molecule has 0 spiro atoms. The predicted molar refractivity (Wildman–Crippen MR) is 111 cm³/mol. The average molecular weight is 462 g/mol. The van der Waals surface area contributed by atoms with Crippen LogP contribution in [0.4, 0.5) is 0 Å². The number of amides is 2. The topological polar surface area (TPSA) is 76.0 Å². The highest BCUT2D eigenvalue weighted by atomic mass is 79.9. The first kappa shape index (κ1) is 20.1. The number of halogens is 2. The van der Waals surface area contributed by atoms with Gasteiger partial charge in [0.25, 0.3) is 11.8 Å². The normalized spacial score (nSPS) is 10.6. The van der Waals surface area contributed by atoms with Crippen molar-refractivity contribution in [2.24, 2.45) is 0 Å². The van der Waals surface area contributed by atoms with E-state index in [-0.39, 0.29) is 10.7 Å². The second-order valence-electron chi connectivity index (χ2n) is 6.28. The number of nitrogens with one attached hydrogen (secondary N) is 2. The van der Waals surface area contributed by atoms with E-state index in [4.69, 9.17) is 11.6 Å². The quantitative estimate of drug-likeness (QED) is 0.576. The van der Waals surface area contributed by atoms with E-state index in [0.717, 1.165) is 11.1 Å². The van der Waals surface area contributed by atoms with Crippen LogP contribution in [0, 0.1) is 13.8 Å². The highest BCUT2D eigenvalue weighted by Gasteiger charge is 2.21. The largest absolute Gasteiger partial charge is 0.274 e. The summed E-state index contributed by atoms with van der Waals surface area (Å²) >= 11 is 9.69. The van der Waals surface area contributed by atoms with Gasteiger partial charge >= 0.3 is 0 Å². The molecule has 0 saturated heterocycles. The summed E-state index contributed by atoms with van der Waals surface area (Å²) in [7, 11) is 0. The van der Waals surface area contributed by atoms with E-state index in [1.54, 1.807) is 35.9 Å². The van der Waals surface area contributed by atoms with Gasteiger partial charge in [-0.1, -0.05) is 53.6 Å². The number of nitrogens with zero attached hydrogens (tertiary/aromatic N) is 2. The van der Waals surface area contributed by atoms with Gasteiger partial charge in [0.2, 0.25) is 0 Å². The van der Waals surface area contributed by atoms with Crippen molar-refractivity contribution in [2.45, 2.75) is 20.4 Å². The van der Waals surface area contributed by atoms with Crippen molar-refractivity contribution in [3.63, 3.8) is 0 Å². The van der Waals surface area contributed by atoms with Crippen molar-refractivity contribution < 1.29 is 9.59 Å². The molecule has 3 aromatic rings. The maximum atomic E-state index is 12.5. The van der Waals surface area contributed by atoms with E-state index in [2.05, 4.69) is 31.9 Å². The van der Waals surface area contributed by atoms with Gasteiger partial charge in [-0.05, 0) is 47.5 Å². The fraction of sp³-hybridized carbons (Fsp3) is 0.150. The van der Waals surface area contributed by atoms with E-state index in [9.17, 15) is 9.59 Å². The molecule has 0 aliphatic carbocycles. The Balaban J connectivity index is 1.72. The standard InChI is InChI=1S/C20H18BrClN4O2/c1-12-7-9-14(10-8-12)11-26-18(22)17(13(2)25-26)20(28)24-23-19(27)15-5-3-4-6-16(15)21/h3-10H,11H2,1-2H3,(H,23,27)(H,24,28). The highest BCUT2D eigenvalue weighted by Crippen LogP contribution is 2.21. The lowest BCUT2D eigenvalue weighted by Crippen LogP contribution is -2.42. The lowest BCUT2D eigenvalue weighted by atomic mass is 10.1. The van der Waals surface area contributed by atoms with Gasteiger partial charge < -0.3 is 0 Å². The number of hydrogen-bond acceptors (Lipinski definition) is 3. The number of aromatic nitrogens is 2. The number of hydrogen-bond donors (Lipinski definition) is 2. The smallest absolute Gasteiger partial charge is 0.267 e. The van der Waals surface area contributed by atoms with Crippen LogP contribution < -0.4 is 10.9 Å². The van der Waals surface area contributed by atoms with Crippen molar-refractivity contribution in [1.29, 1.82) is 0 Å². The van der Waals surface area contributed by atoms with Crippen LogP contribution in [0.25, 0.3) is 0 Å². The van der Waals surface area contributed by atoms with Crippen LogP contribution in [0.5, 0.6) is 0 Å². The SMILES string of the molecule is Cc1ccc(Cn2nc(C)c(C(=O)NNC(=O)c3ccccc3Br)c2Cl)cc1. The van der Waals surface area contributed by atoms with E-state index in [1.165, 1.54) is 0 Å². The Labute approximate surface area is 176 Å². The van der Waals surface area contributed by atoms with Crippen molar-refractivity contribution in [2.75, 3.05) is 0 Å². The fourth-order valence-corrected chi connectivity index (χ4v) is 3.46. The number of benzene rings is 2. The summed E-state index contributed by atoms with van der Waals surface area (Å²) in [5.41, 5.74) is 8.07. The third-order valence-corrected chi connectivity index (χ3v) is 5.23. The minimum atomic E-state index is -0.530. The summed E-state index contributed by atoms with van der Waals surface area (Å²) in [4.78, 5) is 24.8. The van der Waals surface area contributed by atoms with Crippen LogP contribution in [0.3, 0.4) is 0 Å². The summed E-state index contributed by atoms with van der Waals surface area (Å²) in [5, 5.41) is 4.57. The lowest BCUT2D eigenvalue weighted by Gasteiger charge is -2.08. The second kappa shape index (κ2) is 8.58. The van der Waals surface area contributed by atoms with Crippen molar-refractivity contribution in [3.05, 3.63) is 86.1 Å². The molecule has 0 atom stereocenters. The van der Waals surface area contributed by atoms with E-state index in [0.29, 0.717) is 22.3 Å². The number of hydrazine groups is 1. The molecule has 2 aromatic carbocycles. The van der Waals surface area contributed by atoms with Crippen LogP contribution in [-0.4, -0.2) is 21.6 Å². The third-order valence-electron chi connectivity index (χ3n) is 4.15. The third kappa shape index (κ3) is 4.43. The second-order valence-corrected chi connectivity index (χ2v) is 7.49. The van der Waals surface area contributed by atoms with Gasteiger partial charge in [-0.2, -0.15) is 5.10 Å². The Hall–Kier alpha value is -2.64. The average Bonchev–Trinajstić information content (AvgIpc) is 2.95. The first-order valence-corrected chi connectivity index (χ1v) is 9.67. The molecule has 1 heterocycles. The monoisotopic (exact) mass is 460 g/mol. The Kier molecular flexibility index (Phi) is 6.16. The summed E-state index contributed by atoms with van der Waals surface area (Å²) in [6.07, 6.45) is 0. The molecule has 0 aliphatic rings. The molecular formula is C20H18BrClN4O2. The maximum Gasteiger partial charge on any atom is 0.274 e. The molecule has 1 aromatic heterocycles. The lowest BCUT2D eigenvalue weighted by molar-refractivity contribution is 0.0846. The molecule has 0 saturated carbocycles. The summed E-state index contributed by atoms with van der Waals surface area (Å²) in [6, 6.07) is 14.9. The molecule has 8 heteroatoms. The molecule has 2 N–H and O–H groups in total. The summed E-state index contributed by atoms with van der Waals surface area (Å²) < 4.78 is 2.19. The number of carbonyl (C=O) groups excluding carboxylic acids is 2. The number of rotatable bonds is 4. The van der Waals surface area contributed by atoms with Gasteiger partial charge in [-0.3, -0.25) is 20.4 Å². The zero-order valence-electron chi connectivity index (χ0n) is 15.3. The van der Waals surface area contributed by atoms with E-state index >= 15 is 0 Å². The minimum Gasteiger partial charge on any atom is -0.267 e. The summed E-state index contributed by atoms with van der Waals surface area (Å²) in [6.45, 7) is 4.15. The van der Waals surface area contributed by atoms with E-state index < -0.39 is 11.8 Å². The fourth-order valence-electron chi connectivity index (χ4n) is 2.67. The molecule has 144 valence electrons. The van der Waals surface area contributed by atoms with Crippen molar-refractivity contribution >= 4 is 39.3 Å². The van der Waals surface area contributed by atoms with E-state index in [1.807, 2.05) is 31.2 Å². The minimum absolute atomic E-state index is 0.214. The van der Waals surface area contributed by atoms with Gasteiger partial charge in [0.05, 0.1) is 17.8 Å². The maximum absolute atomic E-state index is 12.5. The van der Waals surface area contributed by atoms with Gasteiger partial charge in [0.15, 0.2) is 0 Å². The molecule has 0 radical (unpaired) electrons. The Bertz CT molecular complexity index is 1030. The zero-order valence-corrected chi connectivity index (χ0v) is 17.6. The molecule has 2 amide bonds. The first-order chi connectivity index (χ1) is 13.4. The molecule has 0 aliphatic heterocycles. The molecule has 28 heavy (non-hydrogen) atoms. The Morgan fingerprint density at radius 3 is 2.36 bits per heavy atom. The van der Waals surface area contributed by atoms with Crippen LogP contribution in [-0.2, 0) is 6.54 Å². The first-order valence-electron chi connectivity index (χ1n) is 8.50. The summed E-state index contributed by atoms with van der Waals surface area (Å²) in [5.74, 6) is -0.972. The number of carbonyl (C=O) groups is 2. The van der Waals surface area contributed by atoms with Crippen LogP contribution in [0.15, 0.2) is 53.0 Å². The van der Waals surface area contributed by atoms with Crippen LogP contribution >= 0.6 is 27.5 Å². The van der Waals surface area contributed by atoms with Gasteiger partial charge in [0, 0.05) is 4.47 Å². The van der Waals surface area contributed by atoms with Gasteiger partial charge in [-0.25, -0.2) is 4.68 Å². The molecule has 0 unspecified atom stereocenters.